The van der Waals surface area contributed by atoms with Gasteiger partial charge in [-0.25, -0.2) is 0 Å². The van der Waals surface area contributed by atoms with Crippen LogP contribution in [0.25, 0.3) is 21.5 Å². The molecule has 2 aliphatic carbocycles. The molecule has 2 N–H and O–H groups in total. The van der Waals surface area contributed by atoms with E-state index in [1.807, 2.05) is 0 Å². The molecule has 4 atom stereocenters. The molecular formula is C30H32N2. The summed E-state index contributed by atoms with van der Waals surface area (Å²) in [6, 6.07) is 30.6. The molecule has 0 aliphatic heterocycles. The van der Waals surface area contributed by atoms with Crippen LogP contribution in [0.3, 0.4) is 0 Å². The van der Waals surface area contributed by atoms with Gasteiger partial charge in [0.2, 0.25) is 0 Å². The number of benzene rings is 4. The number of rotatable bonds is 6. The van der Waals surface area contributed by atoms with Crippen LogP contribution in [-0.2, 0) is 0 Å². The van der Waals surface area contributed by atoms with Gasteiger partial charge in [-0.15, -0.1) is 0 Å². The molecule has 2 heteroatoms. The Bertz CT molecular complexity index is 1220. The van der Waals surface area contributed by atoms with E-state index in [9.17, 15) is 0 Å². The fraction of sp³-hybridized carbons (Fsp3) is 0.333. The van der Waals surface area contributed by atoms with Crippen LogP contribution in [0.15, 0.2) is 84.9 Å². The molecule has 4 unspecified atom stereocenters. The summed E-state index contributed by atoms with van der Waals surface area (Å²) in [6.07, 6.45) is 5.59. The molecule has 4 aromatic rings. The predicted octanol–water partition coefficient (Wildman–Crippen LogP) is 7.57. The summed E-state index contributed by atoms with van der Waals surface area (Å²) in [5, 5.41) is 12.9. The lowest BCUT2D eigenvalue weighted by molar-refractivity contribution is 0.255. The molecule has 32 heavy (non-hydrogen) atoms. The first-order chi connectivity index (χ1) is 15.8. The number of anilines is 2. The molecule has 0 spiro atoms. The van der Waals surface area contributed by atoms with E-state index in [0.29, 0.717) is 0 Å². The van der Waals surface area contributed by atoms with E-state index in [4.69, 9.17) is 0 Å². The largest absolute Gasteiger partial charge is 0.384 e. The van der Waals surface area contributed by atoms with Crippen LogP contribution in [0.4, 0.5) is 11.4 Å². The maximum Gasteiger partial charge on any atom is 0.0419 e. The zero-order valence-corrected chi connectivity index (χ0v) is 18.6. The first-order valence-electron chi connectivity index (χ1n) is 12.3. The average molecular weight is 421 g/mol. The minimum atomic E-state index is 0.792. The van der Waals surface area contributed by atoms with E-state index < -0.39 is 0 Å². The number of fused-ring (bicyclic) bond motifs is 4. The third-order valence-electron chi connectivity index (χ3n) is 7.96. The van der Waals surface area contributed by atoms with Crippen molar-refractivity contribution >= 4 is 32.9 Å². The molecule has 0 heterocycles. The van der Waals surface area contributed by atoms with Crippen LogP contribution in [0.2, 0.25) is 0 Å². The first kappa shape index (κ1) is 19.7. The average Bonchev–Trinajstić information content (AvgIpc) is 3.14. The van der Waals surface area contributed by atoms with Crippen molar-refractivity contribution in [3.05, 3.63) is 84.9 Å². The molecule has 162 valence electrons. The second-order valence-electron chi connectivity index (χ2n) is 10.0. The Kier molecular flexibility index (Phi) is 5.23. The number of nitrogens with one attached hydrogen (secondary N) is 2. The SMILES string of the molecule is c1ccc2c(NCC3CC4CC(CNc5cccc6ccccc56)C(C3)C4)cccc2c1. The van der Waals surface area contributed by atoms with Gasteiger partial charge in [0.05, 0.1) is 0 Å². The Morgan fingerprint density at radius 3 is 1.84 bits per heavy atom. The molecule has 2 fully saturated rings. The van der Waals surface area contributed by atoms with Gasteiger partial charge < -0.3 is 10.6 Å². The van der Waals surface area contributed by atoms with E-state index in [1.54, 1.807) is 0 Å². The Morgan fingerprint density at radius 1 is 0.562 bits per heavy atom. The molecule has 0 amide bonds. The van der Waals surface area contributed by atoms with E-state index in [2.05, 4.69) is 95.6 Å². The molecule has 2 bridgehead atoms. The molecule has 2 nitrogen and oxygen atoms in total. The normalized spacial score (nSPS) is 24.6. The Balaban J connectivity index is 1.09. The van der Waals surface area contributed by atoms with E-state index in [1.165, 1.54) is 58.6 Å². The van der Waals surface area contributed by atoms with Gasteiger partial charge in [-0.2, -0.15) is 0 Å². The summed E-state index contributed by atoms with van der Waals surface area (Å²) in [7, 11) is 0. The molecule has 4 aromatic carbocycles. The molecule has 0 saturated heterocycles. The first-order valence-corrected chi connectivity index (χ1v) is 12.3. The Hall–Kier alpha value is -3.00. The topological polar surface area (TPSA) is 24.1 Å². The van der Waals surface area contributed by atoms with Gasteiger partial charge in [0.25, 0.3) is 0 Å². The number of hydrogen-bond donors (Lipinski definition) is 2. The summed E-state index contributed by atoms with van der Waals surface area (Å²) < 4.78 is 0. The summed E-state index contributed by atoms with van der Waals surface area (Å²) in [5.41, 5.74) is 2.58. The van der Waals surface area contributed by atoms with Gasteiger partial charge in [-0.05, 0) is 72.3 Å². The number of hydrogen-bond acceptors (Lipinski definition) is 2. The zero-order chi connectivity index (χ0) is 21.3. The van der Waals surface area contributed by atoms with Crippen LogP contribution in [-0.4, -0.2) is 13.1 Å². The summed E-state index contributed by atoms with van der Waals surface area (Å²) in [5.74, 6) is 3.38. The molecule has 2 saturated carbocycles. The lowest BCUT2D eigenvalue weighted by atomic mass is 9.79. The predicted molar refractivity (Wildman–Crippen MR) is 137 cm³/mol. The van der Waals surface area contributed by atoms with E-state index in [0.717, 1.165) is 36.8 Å². The molecule has 2 aliphatic rings. The minimum absolute atomic E-state index is 0.792. The highest BCUT2D eigenvalue weighted by molar-refractivity contribution is 5.94. The van der Waals surface area contributed by atoms with Crippen LogP contribution in [0.1, 0.15) is 25.7 Å². The smallest absolute Gasteiger partial charge is 0.0419 e. The lowest BCUT2D eigenvalue weighted by Gasteiger charge is -2.29. The third-order valence-corrected chi connectivity index (χ3v) is 7.96. The maximum atomic E-state index is 3.82. The molecule has 0 aromatic heterocycles. The highest BCUT2D eigenvalue weighted by Crippen LogP contribution is 2.48. The Morgan fingerprint density at radius 2 is 1.16 bits per heavy atom. The van der Waals surface area contributed by atoms with Crippen molar-refractivity contribution in [2.45, 2.75) is 25.7 Å². The van der Waals surface area contributed by atoms with Gasteiger partial charge in [-0.3, -0.25) is 0 Å². The minimum Gasteiger partial charge on any atom is -0.384 e. The van der Waals surface area contributed by atoms with Crippen LogP contribution >= 0.6 is 0 Å². The van der Waals surface area contributed by atoms with Crippen molar-refractivity contribution in [3.8, 4) is 0 Å². The highest BCUT2D eigenvalue weighted by atomic mass is 14.9. The fourth-order valence-corrected chi connectivity index (χ4v) is 6.49. The molecule has 0 radical (unpaired) electrons. The monoisotopic (exact) mass is 420 g/mol. The maximum absolute atomic E-state index is 3.82. The third kappa shape index (κ3) is 3.83. The Labute approximate surface area is 191 Å². The van der Waals surface area contributed by atoms with Crippen LogP contribution in [0, 0.1) is 23.7 Å². The van der Waals surface area contributed by atoms with Gasteiger partial charge in [0.15, 0.2) is 0 Å². The van der Waals surface area contributed by atoms with Gasteiger partial charge in [0.1, 0.15) is 0 Å². The van der Waals surface area contributed by atoms with Gasteiger partial charge in [-0.1, -0.05) is 72.8 Å². The van der Waals surface area contributed by atoms with Crippen molar-refractivity contribution in [1.82, 2.24) is 0 Å². The molecular weight excluding hydrogens is 388 g/mol. The van der Waals surface area contributed by atoms with Crippen LogP contribution in [0.5, 0.6) is 0 Å². The highest BCUT2D eigenvalue weighted by Gasteiger charge is 2.40. The second-order valence-corrected chi connectivity index (χ2v) is 10.0. The van der Waals surface area contributed by atoms with Crippen molar-refractivity contribution in [1.29, 1.82) is 0 Å². The van der Waals surface area contributed by atoms with Crippen molar-refractivity contribution in [3.63, 3.8) is 0 Å². The molecule has 6 rings (SSSR count). The summed E-state index contributed by atoms with van der Waals surface area (Å²) >= 11 is 0. The van der Waals surface area contributed by atoms with Crippen LogP contribution < -0.4 is 10.6 Å². The van der Waals surface area contributed by atoms with E-state index >= 15 is 0 Å². The summed E-state index contributed by atoms with van der Waals surface area (Å²) in [6.45, 7) is 2.21. The fourth-order valence-electron chi connectivity index (χ4n) is 6.49. The van der Waals surface area contributed by atoms with Crippen molar-refractivity contribution in [2.75, 3.05) is 23.7 Å². The summed E-state index contributed by atoms with van der Waals surface area (Å²) in [4.78, 5) is 0. The zero-order valence-electron chi connectivity index (χ0n) is 18.6. The standard InChI is InChI=1S/C30H32N2/c1-3-11-27-23(7-1)9-5-13-29(27)31-19-22-15-21-16-25(18-22)26(17-21)20-32-30-14-6-10-24-8-2-4-12-28(24)30/h1-14,21-22,25-26,31-32H,15-20H2. The van der Waals surface area contributed by atoms with Crippen molar-refractivity contribution < 1.29 is 0 Å². The van der Waals surface area contributed by atoms with Crippen molar-refractivity contribution in [2.24, 2.45) is 23.7 Å². The van der Waals surface area contributed by atoms with E-state index in [-0.39, 0.29) is 0 Å². The quantitative estimate of drug-likeness (QED) is 0.336. The van der Waals surface area contributed by atoms with Gasteiger partial charge >= 0.3 is 0 Å². The van der Waals surface area contributed by atoms with Gasteiger partial charge in [0, 0.05) is 35.2 Å². The second kappa shape index (κ2) is 8.50. The lowest BCUT2D eigenvalue weighted by Crippen LogP contribution is -2.25.